The molecule has 0 aliphatic heterocycles. The van der Waals surface area contributed by atoms with E-state index in [9.17, 15) is 14.9 Å². The van der Waals surface area contributed by atoms with Crippen molar-refractivity contribution in [2.45, 2.75) is 44.1 Å². The van der Waals surface area contributed by atoms with Crippen molar-refractivity contribution in [3.8, 4) is 11.5 Å². The van der Waals surface area contributed by atoms with E-state index >= 15 is 0 Å². The number of halogens is 3. The zero-order valence-corrected chi connectivity index (χ0v) is 21.8. The summed E-state index contributed by atoms with van der Waals surface area (Å²) < 4.78 is 7.68. The van der Waals surface area contributed by atoms with Crippen molar-refractivity contribution in [3.05, 3.63) is 68.2 Å². The van der Waals surface area contributed by atoms with Gasteiger partial charge in [0.1, 0.15) is 17.8 Å². The molecule has 4 aliphatic rings. The number of nitro groups is 1. The molecule has 4 saturated carbocycles. The van der Waals surface area contributed by atoms with Crippen LogP contribution in [-0.4, -0.2) is 25.6 Å². The SMILES string of the molecule is O=C(Nc1cc(Oc2ccc(Cl)cc2Cl)cc([N+](=O)[O-])c1)C12C[C@H]3C[C@@H](C1)CC(n1cnc(Cl)n1)(C3)C2. The molecular weight excluding hydrogens is 541 g/mol. The van der Waals surface area contributed by atoms with E-state index in [2.05, 4.69) is 15.4 Å². The summed E-state index contributed by atoms with van der Waals surface area (Å²) in [5, 5.41) is 19.9. The number of ether oxygens (including phenoxy) is 1. The molecule has 1 aromatic heterocycles. The van der Waals surface area contributed by atoms with E-state index in [1.165, 1.54) is 18.2 Å². The van der Waals surface area contributed by atoms with Crippen molar-refractivity contribution < 1.29 is 14.5 Å². The highest BCUT2D eigenvalue weighted by Gasteiger charge is 2.61. The van der Waals surface area contributed by atoms with Gasteiger partial charge in [0, 0.05) is 17.2 Å². The van der Waals surface area contributed by atoms with Gasteiger partial charge in [0.05, 0.1) is 32.7 Å². The monoisotopic (exact) mass is 561 g/mol. The molecule has 12 heteroatoms. The number of nitrogens with one attached hydrogen (secondary N) is 1. The van der Waals surface area contributed by atoms with Crippen LogP contribution in [0.25, 0.3) is 0 Å². The van der Waals surface area contributed by atoms with E-state index in [0.29, 0.717) is 29.0 Å². The number of hydrogen-bond donors (Lipinski definition) is 1. The Bertz CT molecular complexity index is 1410. The number of carbonyl (C=O) groups is 1. The second kappa shape index (κ2) is 8.85. The van der Waals surface area contributed by atoms with Gasteiger partial charge in [-0.1, -0.05) is 23.2 Å². The summed E-state index contributed by atoms with van der Waals surface area (Å²) in [5.41, 5.74) is -0.831. The molecule has 1 heterocycles. The lowest BCUT2D eigenvalue weighted by Gasteiger charge is -2.60. The van der Waals surface area contributed by atoms with Crippen LogP contribution in [0.5, 0.6) is 11.5 Å². The smallest absolute Gasteiger partial charge is 0.275 e. The number of nitro benzene ring substituents is 1. The Hall–Kier alpha value is -2.88. The van der Waals surface area contributed by atoms with Gasteiger partial charge in [0.25, 0.3) is 5.69 Å². The lowest BCUT2D eigenvalue weighted by molar-refractivity contribution is -0.384. The highest BCUT2D eigenvalue weighted by molar-refractivity contribution is 6.35. The van der Waals surface area contributed by atoms with Gasteiger partial charge >= 0.3 is 0 Å². The van der Waals surface area contributed by atoms with Crippen LogP contribution in [0, 0.1) is 27.4 Å². The molecule has 0 saturated heterocycles. The van der Waals surface area contributed by atoms with Gasteiger partial charge in [-0.25, -0.2) is 9.67 Å². The van der Waals surface area contributed by atoms with E-state index in [-0.39, 0.29) is 38.9 Å². The Morgan fingerprint density at radius 2 is 1.86 bits per heavy atom. The van der Waals surface area contributed by atoms with Gasteiger partial charge in [0.15, 0.2) is 0 Å². The maximum absolute atomic E-state index is 13.9. The summed E-state index contributed by atoms with van der Waals surface area (Å²) in [5.74, 6) is 1.11. The summed E-state index contributed by atoms with van der Waals surface area (Å²) in [6.45, 7) is 0. The van der Waals surface area contributed by atoms with Crippen LogP contribution in [0.15, 0.2) is 42.7 Å². The molecular formula is C25H22Cl3N5O4. The number of benzene rings is 2. The molecule has 37 heavy (non-hydrogen) atoms. The van der Waals surface area contributed by atoms with Crippen molar-refractivity contribution in [2.24, 2.45) is 17.3 Å². The molecule has 2 unspecified atom stereocenters. The lowest BCUT2D eigenvalue weighted by Crippen LogP contribution is -2.60. The minimum absolute atomic E-state index is 0.145. The predicted molar refractivity (Wildman–Crippen MR) is 138 cm³/mol. The molecule has 192 valence electrons. The third-order valence-corrected chi connectivity index (χ3v) is 8.65. The first-order chi connectivity index (χ1) is 17.6. The van der Waals surface area contributed by atoms with Gasteiger partial charge in [-0.3, -0.25) is 14.9 Å². The summed E-state index contributed by atoms with van der Waals surface area (Å²) >= 11 is 18.2. The fraction of sp³-hybridized carbons (Fsp3) is 0.400. The number of aromatic nitrogens is 3. The van der Waals surface area contributed by atoms with E-state index in [0.717, 1.165) is 32.1 Å². The van der Waals surface area contributed by atoms with E-state index in [1.807, 2.05) is 4.68 Å². The van der Waals surface area contributed by atoms with Gasteiger partial charge in [-0.05, 0) is 80.2 Å². The van der Waals surface area contributed by atoms with E-state index < -0.39 is 10.3 Å². The normalized spacial score (nSPS) is 27.8. The number of anilines is 1. The predicted octanol–water partition coefficient (Wildman–Crippen LogP) is 6.87. The van der Waals surface area contributed by atoms with Crippen molar-refractivity contribution in [1.82, 2.24) is 14.8 Å². The van der Waals surface area contributed by atoms with Crippen molar-refractivity contribution in [3.63, 3.8) is 0 Å². The highest BCUT2D eigenvalue weighted by Crippen LogP contribution is 2.64. The summed E-state index contributed by atoms with van der Waals surface area (Å²) in [6, 6.07) is 8.88. The number of non-ortho nitro benzene ring substituents is 1. The molecule has 2 aromatic carbocycles. The Morgan fingerprint density at radius 1 is 1.11 bits per heavy atom. The largest absolute Gasteiger partial charge is 0.455 e. The number of hydrogen-bond acceptors (Lipinski definition) is 6. The van der Waals surface area contributed by atoms with Crippen molar-refractivity contribution in [2.75, 3.05) is 5.32 Å². The molecule has 4 fully saturated rings. The molecule has 9 nitrogen and oxygen atoms in total. The lowest BCUT2D eigenvalue weighted by atomic mass is 9.46. The zero-order chi connectivity index (χ0) is 25.9. The fourth-order valence-electron chi connectivity index (χ4n) is 6.99. The Balaban J connectivity index is 1.29. The Kier molecular flexibility index (Phi) is 5.85. The van der Waals surface area contributed by atoms with Crippen LogP contribution in [-0.2, 0) is 10.3 Å². The topological polar surface area (TPSA) is 112 Å². The van der Waals surface area contributed by atoms with Crippen molar-refractivity contribution in [1.29, 1.82) is 0 Å². The summed E-state index contributed by atoms with van der Waals surface area (Å²) in [4.78, 5) is 29.1. The maximum atomic E-state index is 13.9. The van der Waals surface area contributed by atoms with Crippen molar-refractivity contribution >= 4 is 52.1 Å². The molecule has 4 atom stereocenters. The molecule has 1 N–H and O–H groups in total. The maximum Gasteiger partial charge on any atom is 0.275 e. The quantitative estimate of drug-likeness (QED) is 0.259. The van der Waals surface area contributed by atoms with E-state index in [1.54, 1.807) is 24.5 Å². The first-order valence-electron chi connectivity index (χ1n) is 11.9. The van der Waals surface area contributed by atoms with Crippen LogP contribution in [0.1, 0.15) is 38.5 Å². The number of nitrogens with zero attached hydrogens (tertiary/aromatic N) is 4. The first kappa shape index (κ1) is 24.5. The third kappa shape index (κ3) is 4.43. The van der Waals surface area contributed by atoms with Gasteiger partial charge in [-0.15, -0.1) is 5.10 Å². The van der Waals surface area contributed by atoms with Gasteiger partial charge in [-0.2, -0.15) is 0 Å². The molecule has 1 amide bonds. The minimum atomic E-state index is -0.604. The average Bonchev–Trinajstić information content (AvgIpc) is 3.27. The molecule has 0 radical (unpaired) electrons. The fourth-order valence-corrected chi connectivity index (χ4v) is 7.56. The second-order valence-corrected chi connectivity index (χ2v) is 11.7. The van der Waals surface area contributed by atoms with Gasteiger partial charge in [0.2, 0.25) is 11.2 Å². The number of carbonyl (C=O) groups excluding carboxylic acids is 1. The zero-order valence-electron chi connectivity index (χ0n) is 19.5. The number of amides is 1. The Morgan fingerprint density at radius 3 is 2.51 bits per heavy atom. The molecule has 3 aromatic rings. The first-order valence-corrected chi connectivity index (χ1v) is 13.1. The summed E-state index contributed by atoms with van der Waals surface area (Å²) in [6.07, 6.45) is 6.81. The van der Waals surface area contributed by atoms with Crippen LogP contribution >= 0.6 is 34.8 Å². The van der Waals surface area contributed by atoms with Crippen LogP contribution in [0.3, 0.4) is 0 Å². The summed E-state index contributed by atoms with van der Waals surface area (Å²) in [7, 11) is 0. The molecule has 0 spiro atoms. The standard InChI is InChI=1S/C25H22Cl3N5O4/c26-16-1-2-21(20(27)4-16)37-19-6-17(5-18(7-19)33(35)36)30-22(34)24-8-14-3-15(9-24)11-25(10-14,12-24)32-13-29-23(28)31-32/h1-2,4-7,13-15H,3,8-12H2,(H,30,34)/t14-,15+,24?,25?. The van der Waals surface area contributed by atoms with Gasteiger partial charge < -0.3 is 10.1 Å². The van der Waals surface area contributed by atoms with Crippen LogP contribution in [0.2, 0.25) is 15.3 Å². The highest BCUT2D eigenvalue weighted by atomic mass is 35.5. The van der Waals surface area contributed by atoms with E-state index in [4.69, 9.17) is 39.5 Å². The number of rotatable bonds is 6. The third-order valence-electron chi connectivity index (χ3n) is 7.94. The average molecular weight is 563 g/mol. The molecule has 7 rings (SSSR count). The Labute approximate surface area is 227 Å². The van der Waals surface area contributed by atoms with Crippen LogP contribution < -0.4 is 10.1 Å². The second-order valence-electron chi connectivity index (χ2n) is 10.5. The van der Waals surface area contributed by atoms with Crippen LogP contribution in [0.4, 0.5) is 11.4 Å². The minimum Gasteiger partial charge on any atom is -0.455 e. The molecule has 4 aliphatic carbocycles. The molecule has 4 bridgehead atoms.